The number of esters is 1. The number of halogens is 1. The standard InChI is InChI=1S/C24H33ClN2O3/c1-4-6-7-8-9-10-15-29-22-17-26-21(16-27-22)19-11-13-20(14-12-19)30-24(28)23(25)18(3)5-2/h11-14,16-18,23H,4-10,15H2,1-3H3/t18-,23-/m0/s1. The van der Waals surface area contributed by atoms with Gasteiger partial charge in [0.05, 0.1) is 24.7 Å². The Balaban J connectivity index is 1.81. The van der Waals surface area contributed by atoms with Crippen molar-refractivity contribution in [3.8, 4) is 22.9 Å². The van der Waals surface area contributed by atoms with Crippen molar-refractivity contribution < 1.29 is 14.3 Å². The molecule has 164 valence electrons. The maximum absolute atomic E-state index is 12.1. The van der Waals surface area contributed by atoms with Crippen molar-refractivity contribution in [1.82, 2.24) is 9.97 Å². The van der Waals surface area contributed by atoms with E-state index >= 15 is 0 Å². The number of rotatable bonds is 13. The van der Waals surface area contributed by atoms with Gasteiger partial charge in [-0.2, -0.15) is 0 Å². The van der Waals surface area contributed by atoms with Gasteiger partial charge in [-0.25, -0.2) is 9.97 Å². The molecule has 0 amide bonds. The fourth-order valence-corrected chi connectivity index (χ4v) is 3.13. The molecule has 0 unspecified atom stereocenters. The van der Waals surface area contributed by atoms with E-state index in [-0.39, 0.29) is 5.92 Å². The lowest BCUT2D eigenvalue weighted by Crippen LogP contribution is -2.26. The first-order chi connectivity index (χ1) is 14.5. The Morgan fingerprint density at radius 1 is 1.00 bits per heavy atom. The van der Waals surface area contributed by atoms with E-state index in [0.29, 0.717) is 18.2 Å². The van der Waals surface area contributed by atoms with Crippen LogP contribution in [-0.4, -0.2) is 27.9 Å². The number of hydrogen-bond donors (Lipinski definition) is 0. The van der Waals surface area contributed by atoms with Crippen molar-refractivity contribution >= 4 is 17.6 Å². The van der Waals surface area contributed by atoms with E-state index in [1.54, 1.807) is 24.5 Å². The van der Waals surface area contributed by atoms with Crippen LogP contribution < -0.4 is 9.47 Å². The van der Waals surface area contributed by atoms with E-state index < -0.39 is 11.3 Å². The largest absolute Gasteiger partial charge is 0.477 e. The van der Waals surface area contributed by atoms with Crippen molar-refractivity contribution in [3.63, 3.8) is 0 Å². The molecule has 0 bridgehead atoms. The number of carbonyl (C=O) groups is 1. The van der Waals surface area contributed by atoms with Gasteiger partial charge >= 0.3 is 5.97 Å². The highest BCUT2D eigenvalue weighted by Crippen LogP contribution is 2.23. The fraction of sp³-hybridized carbons (Fsp3) is 0.542. The minimum absolute atomic E-state index is 0.0653. The molecule has 0 fully saturated rings. The average Bonchev–Trinajstić information content (AvgIpc) is 2.78. The highest BCUT2D eigenvalue weighted by atomic mass is 35.5. The summed E-state index contributed by atoms with van der Waals surface area (Å²) in [4.78, 5) is 20.9. The topological polar surface area (TPSA) is 61.3 Å². The molecule has 1 heterocycles. The van der Waals surface area contributed by atoms with Crippen LogP contribution in [-0.2, 0) is 4.79 Å². The van der Waals surface area contributed by atoms with E-state index in [2.05, 4.69) is 16.9 Å². The Bertz CT molecular complexity index is 750. The van der Waals surface area contributed by atoms with Crippen LogP contribution in [0.1, 0.15) is 65.7 Å². The van der Waals surface area contributed by atoms with Gasteiger partial charge in [0.1, 0.15) is 11.1 Å². The van der Waals surface area contributed by atoms with Crippen LogP contribution in [0.25, 0.3) is 11.3 Å². The molecule has 0 aliphatic heterocycles. The van der Waals surface area contributed by atoms with Gasteiger partial charge in [0.2, 0.25) is 5.88 Å². The van der Waals surface area contributed by atoms with Gasteiger partial charge < -0.3 is 9.47 Å². The second-order valence-electron chi connectivity index (χ2n) is 7.59. The van der Waals surface area contributed by atoms with Crippen molar-refractivity contribution in [2.75, 3.05) is 6.61 Å². The summed E-state index contributed by atoms with van der Waals surface area (Å²) in [6.45, 7) is 6.81. The molecular formula is C24H33ClN2O3. The molecule has 0 saturated carbocycles. The number of unbranched alkanes of at least 4 members (excludes halogenated alkanes) is 5. The normalized spacial score (nSPS) is 12.9. The molecule has 1 aromatic heterocycles. The first-order valence-corrected chi connectivity index (χ1v) is 11.4. The summed E-state index contributed by atoms with van der Waals surface area (Å²) >= 11 is 6.14. The maximum Gasteiger partial charge on any atom is 0.329 e. The third-order valence-corrected chi connectivity index (χ3v) is 5.72. The van der Waals surface area contributed by atoms with Crippen molar-refractivity contribution in [3.05, 3.63) is 36.7 Å². The summed E-state index contributed by atoms with van der Waals surface area (Å²) in [6.07, 6.45) is 11.5. The number of carbonyl (C=O) groups excluding carboxylic acids is 1. The molecule has 2 atom stereocenters. The zero-order chi connectivity index (χ0) is 21.8. The van der Waals surface area contributed by atoms with Crippen LogP contribution in [0.2, 0.25) is 0 Å². The molecule has 0 spiro atoms. The Morgan fingerprint density at radius 2 is 1.70 bits per heavy atom. The first-order valence-electron chi connectivity index (χ1n) is 11.0. The predicted octanol–water partition coefficient (Wildman–Crippen LogP) is 6.44. The van der Waals surface area contributed by atoms with Crippen molar-refractivity contribution in [2.45, 2.75) is 71.1 Å². The summed E-state index contributed by atoms with van der Waals surface area (Å²) in [7, 11) is 0. The van der Waals surface area contributed by atoms with Crippen LogP contribution in [0.4, 0.5) is 0 Å². The van der Waals surface area contributed by atoms with Crippen LogP contribution in [0.3, 0.4) is 0 Å². The van der Waals surface area contributed by atoms with Gasteiger partial charge in [0.25, 0.3) is 0 Å². The second-order valence-corrected chi connectivity index (χ2v) is 8.06. The average molecular weight is 433 g/mol. The number of nitrogens with zero attached hydrogens (tertiary/aromatic N) is 2. The Labute approximate surface area is 185 Å². The lowest BCUT2D eigenvalue weighted by molar-refractivity contribution is -0.134. The number of alkyl halides is 1. The summed E-state index contributed by atoms with van der Waals surface area (Å²) in [5.41, 5.74) is 1.61. The Kier molecular flexibility index (Phi) is 10.6. The zero-order valence-corrected chi connectivity index (χ0v) is 19.0. The molecular weight excluding hydrogens is 400 g/mol. The molecule has 5 nitrogen and oxygen atoms in total. The Hall–Kier alpha value is -2.14. The van der Waals surface area contributed by atoms with Crippen LogP contribution >= 0.6 is 11.6 Å². The first kappa shape index (κ1) is 24.1. The van der Waals surface area contributed by atoms with Gasteiger partial charge in [-0.1, -0.05) is 59.3 Å². The predicted molar refractivity (Wildman–Crippen MR) is 121 cm³/mol. The highest BCUT2D eigenvalue weighted by Gasteiger charge is 2.23. The third-order valence-electron chi connectivity index (χ3n) is 5.11. The molecule has 30 heavy (non-hydrogen) atoms. The number of benzene rings is 1. The minimum atomic E-state index is -0.649. The van der Waals surface area contributed by atoms with E-state index in [1.807, 2.05) is 26.0 Å². The second kappa shape index (κ2) is 13.2. The minimum Gasteiger partial charge on any atom is -0.477 e. The van der Waals surface area contributed by atoms with E-state index in [0.717, 1.165) is 24.1 Å². The highest BCUT2D eigenvalue weighted by molar-refractivity contribution is 6.30. The van der Waals surface area contributed by atoms with Gasteiger partial charge in [-0.3, -0.25) is 4.79 Å². The molecule has 0 saturated heterocycles. The van der Waals surface area contributed by atoms with E-state index in [1.165, 1.54) is 32.1 Å². The van der Waals surface area contributed by atoms with Crippen LogP contribution in [0.5, 0.6) is 11.6 Å². The third kappa shape index (κ3) is 7.94. The number of hydrogen-bond acceptors (Lipinski definition) is 5. The molecule has 6 heteroatoms. The zero-order valence-electron chi connectivity index (χ0n) is 18.3. The Morgan fingerprint density at radius 3 is 2.33 bits per heavy atom. The van der Waals surface area contributed by atoms with Gasteiger partial charge in [-0.15, -0.1) is 11.6 Å². The van der Waals surface area contributed by atoms with Gasteiger partial charge in [0.15, 0.2) is 0 Å². The van der Waals surface area contributed by atoms with Crippen molar-refractivity contribution in [2.24, 2.45) is 5.92 Å². The lowest BCUT2D eigenvalue weighted by Gasteiger charge is -2.14. The molecule has 0 aliphatic carbocycles. The summed E-state index contributed by atoms with van der Waals surface area (Å²) in [5, 5.41) is -0.649. The molecule has 0 N–H and O–H groups in total. The maximum atomic E-state index is 12.1. The van der Waals surface area contributed by atoms with Gasteiger partial charge in [-0.05, 0) is 36.6 Å². The number of ether oxygens (including phenoxy) is 2. The van der Waals surface area contributed by atoms with E-state index in [9.17, 15) is 4.79 Å². The molecule has 2 rings (SSSR count). The molecule has 2 aromatic rings. The smallest absolute Gasteiger partial charge is 0.329 e. The quantitative estimate of drug-likeness (QED) is 0.158. The van der Waals surface area contributed by atoms with Crippen LogP contribution in [0, 0.1) is 5.92 Å². The summed E-state index contributed by atoms with van der Waals surface area (Å²) < 4.78 is 11.0. The SMILES string of the molecule is CCCCCCCCOc1cnc(-c2ccc(OC(=O)[C@@H](Cl)[C@@H](C)CC)cc2)cn1. The summed E-state index contributed by atoms with van der Waals surface area (Å²) in [6, 6.07) is 7.15. The molecule has 1 aromatic carbocycles. The fourth-order valence-electron chi connectivity index (χ4n) is 2.90. The number of aromatic nitrogens is 2. The van der Waals surface area contributed by atoms with Crippen LogP contribution in [0.15, 0.2) is 36.7 Å². The monoisotopic (exact) mass is 432 g/mol. The van der Waals surface area contributed by atoms with Gasteiger partial charge in [0, 0.05) is 5.56 Å². The van der Waals surface area contributed by atoms with Crippen molar-refractivity contribution in [1.29, 1.82) is 0 Å². The molecule has 0 radical (unpaired) electrons. The lowest BCUT2D eigenvalue weighted by atomic mass is 10.1. The summed E-state index contributed by atoms with van der Waals surface area (Å²) in [5.74, 6) is 0.640. The molecule has 0 aliphatic rings. The van der Waals surface area contributed by atoms with E-state index in [4.69, 9.17) is 21.1 Å².